The highest BCUT2D eigenvalue weighted by atomic mass is 35.5. The van der Waals surface area contributed by atoms with Crippen molar-refractivity contribution >= 4 is 34.3 Å². The Kier molecular flexibility index (Phi) is 5.11. The summed E-state index contributed by atoms with van der Waals surface area (Å²) >= 11 is 7.59. The minimum Gasteiger partial charge on any atom is -0.380 e. The van der Waals surface area contributed by atoms with Gasteiger partial charge in [0.1, 0.15) is 0 Å². The van der Waals surface area contributed by atoms with Crippen molar-refractivity contribution in [2.24, 2.45) is 0 Å². The van der Waals surface area contributed by atoms with E-state index < -0.39 is 0 Å². The van der Waals surface area contributed by atoms with Gasteiger partial charge in [0.15, 0.2) is 0 Å². The van der Waals surface area contributed by atoms with Crippen LogP contribution in [0.5, 0.6) is 0 Å². The maximum absolute atomic E-state index is 5.91. The quantitative estimate of drug-likeness (QED) is 0.818. The lowest BCUT2D eigenvalue weighted by Crippen LogP contribution is -2.21. The number of nitrogens with one attached hydrogen (secondary N) is 1. The number of hydrogen-bond acceptors (Lipinski definition) is 3. The first kappa shape index (κ1) is 14.2. The van der Waals surface area contributed by atoms with E-state index in [1.165, 1.54) is 10.6 Å². The average molecular weight is 295 g/mol. The molecule has 1 aromatic carbocycles. The molecule has 1 N–H and O–H groups in total. The SMILES string of the molecule is CCN(CC)c1ccc(NCc2cc(Cl)cs2)cc1. The standard InChI is InChI=1S/C15H19ClN2S/c1-3-18(4-2)14-7-5-13(6-8-14)17-10-15-9-12(16)11-19-15/h5-9,11,17H,3-4,10H2,1-2H3. The van der Waals surface area contributed by atoms with E-state index in [0.29, 0.717) is 0 Å². The summed E-state index contributed by atoms with van der Waals surface area (Å²) in [5.41, 5.74) is 2.41. The fourth-order valence-corrected chi connectivity index (χ4v) is 3.03. The van der Waals surface area contributed by atoms with E-state index in [1.807, 2.05) is 11.4 Å². The van der Waals surface area contributed by atoms with E-state index in [4.69, 9.17) is 11.6 Å². The third-order valence-corrected chi connectivity index (χ3v) is 4.37. The summed E-state index contributed by atoms with van der Waals surface area (Å²) < 4.78 is 0. The monoisotopic (exact) mass is 294 g/mol. The summed E-state index contributed by atoms with van der Waals surface area (Å²) in [6.07, 6.45) is 0. The lowest BCUT2D eigenvalue weighted by Gasteiger charge is -2.21. The van der Waals surface area contributed by atoms with Crippen LogP contribution in [-0.4, -0.2) is 13.1 Å². The van der Waals surface area contributed by atoms with Gasteiger partial charge in [-0.05, 0) is 44.2 Å². The second kappa shape index (κ2) is 6.83. The highest BCUT2D eigenvalue weighted by Gasteiger charge is 2.02. The maximum Gasteiger partial charge on any atom is 0.0516 e. The van der Waals surface area contributed by atoms with E-state index in [9.17, 15) is 0 Å². The number of halogens is 1. The first-order valence-corrected chi connectivity index (χ1v) is 7.80. The number of benzene rings is 1. The third-order valence-electron chi connectivity index (χ3n) is 3.08. The second-order valence-corrected chi connectivity index (χ2v) is 5.74. The van der Waals surface area contributed by atoms with E-state index >= 15 is 0 Å². The highest BCUT2D eigenvalue weighted by molar-refractivity contribution is 7.10. The summed E-state index contributed by atoms with van der Waals surface area (Å²) in [6, 6.07) is 10.6. The molecule has 0 saturated heterocycles. The van der Waals surface area contributed by atoms with Crippen LogP contribution in [0.15, 0.2) is 35.7 Å². The topological polar surface area (TPSA) is 15.3 Å². The summed E-state index contributed by atoms with van der Waals surface area (Å²) in [7, 11) is 0. The predicted molar refractivity (Wildman–Crippen MR) is 86.7 cm³/mol. The lowest BCUT2D eigenvalue weighted by atomic mass is 10.2. The van der Waals surface area contributed by atoms with Crippen molar-refractivity contribution in [2.75, 3.05) is 23.3 Å². The van der Waals surface area contributed by atoms with Gasteiger partial charge in [0, 0.05) is 41.3 Å². The maximum atomic E-state index is 5.91. The van der Waals surface area contributed by atoms with E-state index in [2.05, 4.69) is 48.3 Å². The molecule has 102 valence electrons. The summed E-state index contributed by atoms with van der Waals surface area (Å²) in [5.74, 6) is 0. The molecule has 0 fully saturated rings. The molecular formula is C15H19ClN2S. The van der Waals surface area contributed by atoms with E-state index in [1.54, 1.807) is 11.3 Å². The van der Waals surface area contributed by atoms with E-state index in [-0.39, 0.29) is 0 Å². The molecule has 0 bridgehead atoms. The number of hydrogen-bond donors (Lipinski definition) is 1. The van der Waals surface area contributed by atoms with Gasteiger partial charge in [-0.25, -0.2) is 0 Å². The Morgan fingerprint density at radius 1 is 1.16 bits per heavy atom. The van der Waals surface area contributed by atoms with Gasteiger partial charge in [-0.15, -0.1) is 11.3 Å². The van der Waals surface area contributed by atoms with E-state index in [0.717, 1.165) is 30.3 Å². The number of nitrogens with zero attached hydrogens (tertiary/aromatic N) is 1. The van der Waals surface area contributed by atoms with Crippen LogP contribution in [-0.2, 0) is 6.54 Å². The Labute approximate surface area is 124 Å². The van der Waals surface area contributed by atoms with Crippen LogP contribution >= 0.6 is 22.9 Å². The van der Waals surface area contributed by atoms with Gasteiger partial charge in [-0.1, -0.05) is 11.6 Å². The Bertz CT molecular complexity index is 503. The smallest absolute Gasteiger partial charge is 0.0516 e. The second-order valence-electron chi connectivity index (χ2n) is 4.30. The lowest BCUT2D eigenvalue weighted by molar-refractivity contribution is 0.866. The van der Waals surface area contributed by atoms with Crippen molar-refractivity contribution in [3.63, 3.8) is 0 Å². The van der Waals surface area contributed by atoms with Gasteiger partial charge in [0.05, 0.1) is 5.02 Å². The molecule has 0 aliphatic heterocycles. The van der Waals surface area contributed by atoms with Gasteiger partial charge in [0.25, 0.3) is 0 Å². The van der Waals surface area contributed by atoms with Crippen LogP contribution < -0.4 is 10.2 Å². The summed E-state index contributed by atoms with van der Waals surface area (Å²) in [6.45, 7) is 7.25. The molecule has 0 saturated carbocycles. The summed E-state index contributed by atoms with van der Waals surface area (Å²) in [5, 5.41) is 6.19. The molecule has 1 aromatic heterocycles. The number of thiophene rings is 1. The Balaban J connectivity index is 1.95. The number of rotatable bonds is 6. The Morgan fingerprint density at radius 2 is 1.84 bits per heavy atom. The van der Waals surface area contributed by atoms with Crippen LogP contribution in [0.2, 0.25) is 5.02 Å². The van der Waals surface area contributed by atoms with Crippen LogP contribution in [0.1, 0.15) is 18.7 Å². The molecule has 2 rings (SSSR count). The Morgan fingerprint density at radius 3 is 2.37 bits per heavy atom. The molecular weight excluding hydrogens is 276 g/mol. The minimum atomic E-state index is 0.818. The largest absolute Gasteiger partial charge is 0.380 e. The minimum absolute atomic E-state index is 0.818. The van der Waals surface area contributed by atoms with Crippen LogP contribution in [0.4, 0.5) is 11.4 Å². The molecule has 2 aromatic rings. The van der Waals surface area contributed by atoms with Crippen LogP contribution in [0, 0.1) is 0 Å². The molecule has 0 atom stereocenters. The molecule has 0 aliphatic carbocycles. The van der Waals surface area contributed by atoms with Crippen molar-refractivity contribution in [1.29, 1.82) is 0 Å². The normalized spacial score (nSPS) is 10.5. The molecule has 0 aliphatic rings. The zero-order chi connectivity index (χ0) is 13.7. The number of anilines is 2. The van der Waals surface area contributed by atoms with Crippen molar-refractivity contribution in [2.45, 2.75) is 20.4 Å². The zero-order valence-electron chi connectivity index (χ0n) is 11.3. The summed E-state index contributed by atoms with van der Waals surface area (Å²) in [4.78, 5) is 3.58. The van der Waals surface area contributed by atoms with Gasteiger partial charge in [-0.3, -0.25) is 0 Å². The average Bonchev–Trinajstić information content (AvgIpc) is 2.85. The van der Waals surface area contributed by atoms with Crippen molar-refractivity contribution in [3.05, 3.63) is 45.6 Å². The molecule has 0 unspecified atom stereocenters. The fraction of sp³-hybridized carbons (Fsp3) is 0.333. The first-order chi connectivity index (χ1) is 9.22. The zero-order valence-corrected chi connectivity index (χ0v) is 12.9. The molecule has 1 heterocycles. The molecule has 0 spiro atoms. The van der Waals surface area contributed by atoms with Crippen molar-refractivity contribution in [1.82, 2.24) is 0 Å². The molecule has 0 amide bonds. The van der Waals surface area contributed by atoms with Crippen molar-refractivity contribution < 1.29 is 0 Å². The molecule has 0 radical (unpaired) electrons. The van der Waals surface area contributed by atoms with Crippen LogP contribution in [0.3, 0.4) is 0 Å². The predicted octanol–water partition coefficient (Wildman–Crippen LogP) is 4.86. The van der Waals surface area contributed by atoms with Crippen LogP contribution in [0.25, 0.3) is 0 Å². The van der Waals surface area contributed by atoms with Crippen molar-refractivity contribution in [3.8, 4) is 0 Å². The van der Waals surface area contributed by atoms with Gasteiger partial charge < -0.3 is 10.2 Å². The first-order valence-electron chi connectivity index (χ1n) is 6.54. The molecule has 2 nitrogen and oxygen atoms in total. The van der Waals surface area contributed by atoms with Gasteiger partial charge in [0.2, 0.25) is 0 Å². The van der Waals surface area contributed by atoms with Gasteiger partial charge in [-0.2, -0.15) is 0 Å². The third kappa shape index (κ3) is 3.88. The highest BCUT2D eigenvalue weighted by Crippen LogP contribution is 2.21. The molecule has 4 heteroatoms. The fourth-order valence-electron chi connectivity index (χ4n) is 2.01. The molecule has 19 heavy (non-hydrogen) atoms. The Hall–Kier alpha value is -1.19. The van der Waals surface area contributed by atoms with Gasteiger partial charge >= 0.3 is 0 Å².